The number of aliphatic hydroxyl groups excluding tert-OH is 6. The molecule has 0 aromatic heterocycles. The summed E-state index contributed by atoms with van der Waals surface area (Å²) in [6.45, 7) is -1.25. The first-order chi connectivity index (χ1) is 14.7. The lowest BCUT2D eigenvalue weighted by atomic mass is 9.98. The molecule has 174 valence electrons. The van der Waals surface area contributed by atoms with Crippen molar-refractivity contribution in [2.24, 2.45) is 0 Å². The summed E-state index contributed by atoms with van der Waals surface area (Å²) in [5.74, 6) is 0.243. The van der Waals surface area contributed by atoms with Crippen LogP contribution in [0.2, 0.25) is 0 Å². The smallest absolute Gasteiger partial charge is 0.269 e. The van der Waals surface area contributed by atoms with Crippen molar-refractivity contribution < 1.29 is 54.5 Å². The molecule has 0 saturated carbocycles. The lowest BCUT2D eigenvalue weighted by Gasteiger charge is -2.44. The number of hydrogen-bond acceptors (Lipinski definition) is 12. The summed E-state index contributed by atoms with van der Waals surface area (Å²) in [6, 6.07) is 5.20. The largest absolute Gasteiger partial charge is 0.465 e. The monoisotopic (exact) mass is 447 g/mol. The van der Waals surface area contributed by atoms with Crippen LogP contribution >= 0.6 is 0 Å². The van der Waals surface area contributed by atoms with Gasteiger partial charge in [-0.1, -0.05) is 0 Å². The summed E-state index contributed by atoms with van der Waals surface area (Å²) in [6.07, 6.45) is -12.3. The molecule has 6 N–H and O–H groups in total. The van der Waals surface area contributed by atoms with E-state index < -0.39 is 73.4 Å². The maximum Gasteiger partial charge on any atom is 0.269 e. The van der Waals surface area contributed by atoms with Crippen molar-refractivity contribution in [3.63, 3.8) is 0 Å². The summed E-state index contributed by atoms with van der Waals surface area (Å²) < 4.78 is 21.9. The van der Waals surface area contributed by atoms with E-state index in [9.17, 15) is 40.8 Å². The Morgan fingerprint density at radius 1 is 0.968 bits per heavy atom. The third kappa shape index (κ3) is 5.28. The van der Waals surface area contributed by atoms with Crippen LogP contribution in [0.5, 0.6) is 5.75 Å². The minimum Gasteiger partial charge on any atom is -0.465 e. The van der Waals surface area contributed by atoms with Gasteiger partial charge in [0.15, 0.2) is 6.29 Å². The second-order valence-corrected chi connectivity index (χ2v) is 7.26. The van der Waals surface area contributed by atoms with Crippen molar-refractivity contribution in [1.82, 2.24) is 0 Å². The highest BCUT2D eigenvalue weighted by Crippen LogP contribution is 2.30. The fourth-order valence-electron chi connectivity index (χ4n) is 3.44. The molecular formula is C18H25NO12. The number of nitrogens with zero attached hydrogens (tertiary/aromatic N) is 1. The predicted molar refractivity (Wildman–Crippen MR) is 98.7 cm³/mol. The van der Waals surface area contributed by atoms with Crippen LogP contribution in [-0.4, -0.2) is 104 Å². The maximum absolute atomic E-state index is 10.7. The summed E-state index contributed by atoms with van der Waals surface area (Å²) in [5, 5.41) is 70.0. The molecule has 2 saturated heterocycles. The average molecular weight is 447 g/mol. The highest BCUT2D eigenvalue weighted by Gasteiger charge is 2.48. The van der Waals surface area contributed by atoms with Crippen molar-refractivity contribution in [2.45, 2.75) is 61.7 Å². The molecule has 1 aromatic rings. The molecule has 13 nitrogen and oxygen atoms in total. The van der Waals surface area contributed by atoms with Gasteiger partial charge in [0, 0.05) is 18.6 Å². The van der Waals surface area contributed by atoms with Gasteiger partial charge in [0.05, 0.1) is 24.2 Å². The number of ether oxygens (including phenoxy) is 4. The normalized spacial score (nSPS) is 38.6. The molecule has 0 spiro atoms. The molecular weight excluding hydrogens is 422 g/mol. The van der Waals surface area contributed by atoms with Crippen LogP contribution in [0.3, 0.4) is 0 Å². The molecule has 2 fully saturated rings. The average Bonchev–Trinajstić information content (AvgIpc) is 2.75. The van der Waals surface area contributed by atoms with E-state index in [1.165, 1.54) is 24.3 Å². The second kappa shape index (κ2) is 10.1. The Morgan fingerprint density at radius 2 is 1.61 bits per heavy atom. The van der Waals surface area contributed by atoms with Gasteiger partial charge in [0.1, 0.15) is 42.4 Å². The SMILES string of the molecule is O=[N+]([O-])c1ccc(O[C@H]2C[C@@H](O)[C@H](O[C@H]3OC(CO)[C@H](O)[C@@H](O)C3O)C(CO)O2)cc1. The minimum absolute atomic E-state index is 0.115. The van der Waals surface area contributed by atoms with Crippen molar-refractivity contribution >= 4 is 5.69 Å². The Bertz CT molecular complexity index is 731. The van der Waals surface area contributed by atoms with E-state index >= 15 is 0 Å². The highest BCUT2D eigenvalue weighted by atomic mass is 16.7. The molecule has 0 bridgehead atoms. The van der Waals surface area contributed by atoms with Crippen LogP contribution in [0.1, 0.15) is 6.42 Å². The Hall–Kier alpha value is -1.94. The van der Waals surface area contributed by atoms with Crippen molar-refractivity contribution in [3.05, 3.63) is 34.4 Å². The van der Waals surface area contributed by atoms with E-state index in [-0.39, 0.29) is 17.9 Å². The number of nitro groups is 1. The van der Waals surface area contributed by atoms with E-state index in [0.717, 1.165) is 0 Å². The highest BCUT2D eigenvalue weighted by molar-refractivity contribution is 5.36. The van der Waals surface area contributed by atoms with Crippen LogP contribution in [-0.2, 0) is 14.2 Å². The first kappa shape index (κ1) is 23.7. The van der Waals surface area contributed by atoms with Gasteiger partial charge < -0.3 is 49.6 Å². The molecule has 1 aromatic carbocycles. The molecule has 13 heteroatoms. The second-order valence-electron chi connectivity index (χ2n) is 7.26. The van der Waals surface area contributed by atoms with Gasteiger partial charge in [-0.25, -0.2) is 0 Å². The van der Waals surface area contributed by atoms with Gasteiger partial charge in [-0.2, -0.15) is 0 Å². The molecule has 9 atom stereocenters. The van der Waals surface area contributed by atoms with Gasteiger partial charge in [-0.15, -0.1) is 0 Å². The molecule has 2 heterocycles. The lowest BCUT2D eigenvalue weighted by Crippen LogP contribution is -2.62. The van der Waals surface area contributed by atoms with Gasteiger partial charge in [-0.05, 0) is 12.1 Å². The van der Waals surface area contributed by atoms with Crippen molar-refractivity contribution in [1.29, 1.82) is 0 Å². The zero-order chi connectivity index (χ0) is 22.7. The fraction of sp³-hybridized carbons (Fsp3) is 0.667. The van der Waals surface area contributed by atoms with Gasteiger partial charge in [-0.3, -0.25) is 10.1 Å². The fourth-order valence-corrected chi connectivity index (χ4v) is 3.44. The molecule has 2 aliphatic rings. The topological polar surface area (TPSA) is 201 Å². The summed E-state index contributed by atoms with van der Waals surface area (Å²) in [7, 11) is 0. The first-order valence-electron chi connectivity index (χ1n) is 9.56. The lowest BCUT2D eigenvalue weighted by molar-refractivity contribution is -0.384. The Morgan fingerprint density at radius 3 is 2.19 bits per heavy atom. The Labute approximate surface area is 176 Å². The summed E-state index contributed by atoms with van der Waals surface area (Å²) >= 11 is 0. The third-order valence-electron chi connectivity index (χ3n) is 5.14. The van der Waals surface area contributed by atoms with E-state index in [2.05, 4.69) is 0 Å². The molecule has 0 amide bonds. The van der Waals surface area contributed by atoms with Gasteiger partial charge in [0.2, 0.25) is 6.29 Å². The van der Waals surface area contributed by atoms with Crippen molar-refractivity contribution in [3.8, 4) is 5.75 Å². The van der Waals surface area contributed by atoms with E-state index in [4.69, 9.17) is 18.9 Å². The maximum atomic E-state index is 10.7. The van der Waals surface area contributed by atoms with Gasteiger partial charge in [0.25, 0.3) is 5.69 Å². The molecule has 3 unspecified atom stereocenters. The molecule has 0 aliphatic carbocycles. The molecule has 0 radical (unpaired) electrons. The van der Waals surface area contributed by atoms with Crippen LogP contribution < -0.4 is 4.74 Å². The van der Waals surface area contributed by atoms with E-state index in [1.54, 1.807) is 0 Å². The van der Waals surface area contributed by atoms with Crippen LogP contribution in [0.15, 0.2) is 24.3 Å². The van der Waals surface area contributed by atoms with Gasteiger partial charge >= 0.3 is 0 Å². The molecule has 3 rings (SSSR count). The third-order valence-corrected chi connectivity index (χ3v) is 5.14. The standard InChI is InChI=1S/C18H25NO12/c20-6-11-14(23)15(24)16(25)18(30-11)31-17-10(22)5-13(29-12(17)7-21)28-9-3-1-8(2-4-9)19(26)27/h1-4,10-18,20-25H,5-7H2/t10-,11?,12?,13-,14+,15-,16?,17+,18-/m1/s1. The van der Waals surface area contributed by atoms with E-state index in [1.807, 2.05) is 0 Å². The molecule has 31 heavy (non-hydrogen) atoms. The number of aliphatic hydroxyl groups is 6. The number of nitro benzene ring substituents is 1. The number of benzene rings is 1. The first-order valence-corrected chi connectivity index (χ1v) is 9.56. The Balaban J connectivity index is 1.64. The minimum atomic E-state index is -1.68. The zero-order valence-electron chi connectivity index (χ0n) is 16.2. The zero-order valence-corrected chi connectivity index (χ0v) is 16.2. The molecule has 2 aliphatic heterocycles. The number of rotatable bonds is 7. The summed E-state index contributed by atoms with van der Waals surface area (Å²) in [4.78, 5) is 10.2. The predicted octanol–water partition coefficient (Wildman–Crippen LogP) is -2.37. The quantitative estimate of drug-likeness (QED) is 0.192. The Kier molecular flexibility index (Phi) is 7.74. The van der Waals surface area contributed by atoms with Crippen LogP contribution in [0.4, 0.5) is 5.69 Å². The van der Waals surface area contributed by atoms with Crippen LogP contribution in [0, 0.1) is 10.1 Å². The number of non-ortho nitro benzene ring substituents is 1. The van der Waals surface area contributed by atoms with Crippen LogP contribution in [0.25, 0.3) is 0 Å². The van der Waals surface area contributed by atoms with Crippen molar-refractivity contribution in [2.75, 3.05) is 13.2 Å². The number of hydrogen-bond donors (Lipinski definition) is 6. The van der Waals surface area contributed by atoms with E-state index in [0.29, 0.717) is 0 Å². The summed E-state index contributed by atoms with van der Waals surface area (Å²) in [5.41, 5.74) is -0.127.